The lowest BCUT2D eigenvalue weighted by molar-refractivity contribution is 0.159. The van der Waals surface area contributed by atoms with Crippen LogP contribution >= 0.6 is 11.6 Å². The quantitative estimate of drug-likeness (QED) is 0.626. The van der Waals surface area contributed by atoms with Gasteiger partial charge in [-0.3, -0.25) is 4.90 Å². The SMILES string of the molecule is COc1cc2c(cc1OC)[C@@H](c1cccc(Cl)c1)N(CC1CCCCC1)CC2. The third kappa shape index (κ3) is 4.01. The first-order valence-corrected chi connectivity index (χ1v) is 10.8. The number of nitrogens with zero attached hydrogens (tertiary/aromatic N) is 1. The molecule has 0 unspecified atom stereocenters. The number of ether oxygens (including phenoxy) is 2. The van der Waals surface area contributed by atoms with Gasteiger partial charge in [-0.05, 0) is 66.1 Å². The van der Waals surface area contributed by atoms with Gasteiger partial charge < -0.3 is 9.47 Å². The number of methoxy groups -OCH3 is 2. The maximum absolute atomic E-state index is 6.37. The molecule has 0 spiro atoms. The number of hydrogen-bond donors (Lipinski definition) is 0. The van der Waals surface area contributed by atoms with E-state index in [1.807, 2.05) is 6.07 Å². The Morgan fingerprint density at radius 1 is 1.00 bits per heavy atom. The molecule has 28 heavy (non-hydrogen) atoms. The van der Waals surface area contributed by atoms with Gasteiger partial charge in [0.2, 0.25) is 0 Å². The molecule has 1 heterocycles. The van der Waals surface area contributed by atoms with Crippen molar-refractivity contribution in [1.82, 2.24) is 4.90 Å². The Kier molecular flexibility index (Phi) is 6.13. The average Bonchev–Trinajstić information content (AvgIpc) is 2.73. The first-order chi connectivity index (χ1) is 13.7. The van der Waals surface area contributed by atoms with Crippen molar-refractivity contribution in [3.05, 3.63) is 58.1 Å². The molecule has 0 radical (unpaired) electrons. The summed E-state index contributed by atoms with van der Waals surface area (Å²) in [4.78, 5) is 2.66. The maximum Gasteiger partial charge on any atom is 0.161 e. The first kappa shape index (κ1) is 19.6. The van der Waals surface area contributed by atoms with Crippen LogP contribution in [0.2, 0.25) is 5.02 Å². The lowest BCUT2D eigenvalue weighted by Gasteiger charge is -2.40. The van der Waals surface area contributed by atoms with Gasteiger partial charge in [0.1, 0.15) is 0 Å². The van der Waals surface area contributed by atoms with Crippen molar-refractivity contribution < 1.29 is 9.47 Å². The fourth-order valence-corrected chi connectivity index (χ4v) is 5.16. The third-order valence-corrected chi connectivity index (χ3v) is 6.59. The molecule has 0 amide bonds. The van der Waals surface area contributed by atoms with Gasteiger partial charge in [-0.25, -0.2) is 0 Å². The summed E-state index contributed by atoms with van der Waals surface area (Å²) in [5.74, 6) is 2.41. The molecule has 4 heteroatoms. The van der Waals surface area contributed by atoms with Gasteiger partial charge in [0.15, 0.2) is 11.5 Å². The number of hydrogen-bond acceptors (Lipinski definition) is 3. The van der Waals surface area contributed by atoms with Crippen molar-refractivity contribution in [1.29, 1.82) is 0 Å². The van der Waals surface area contributed by atoms with Crippen molar-refractivity contribution in [2.45, 2.75) is 44.6 Å². The lowest BCUT2D eigenvalue weighted by Crippen LogP contribution is -2.39. The number of rotatable bonds is 5. The zero-order chi connectivity index (χ0) is 19.5. The van der Waals surface area contributed by atoms with Crippen LogP contribution in [0.1, 0.15) is 54.8 Å². The number of benzene rings is 2. The molecule has 150 valence electrons. The Bertz CT molecular complexity index is 816. The van der Waals surface area contributed by atoms with Crippen molar-refractivity contribution in [3.8, 4) is 11.5 Å². The van der Waals surface area contributed by atoms with Gasteiger partial charge in [-0.15, -0.1) is 0 Å². The predicted octanol–water partition coefficient (Wildman–Crippen LogP) is 5.89. The molecule has 1 aliphatic carbocycles. The normalized spacial score (nSPS) is 20.6. The monoisotopic (exact) mass is 399 g/mol. The lowest BCUT2D eigenvalue weighted by atomic mass is 9.84. The van der Waals surface area contributed by atoms with Crippen LogP contribution in [0.5, 0.6) is 11.5 Å². The van der Waals surface area contributed by atoms with Crippen LogP contribution in [0.3, 0.4) is 0 Å². The predicted molar refractivity (Wildman–Crippen MR) is 115 cm³/mol. The zero-order valence-electron chi connectivity index (χ0n) is 16.9. The molecule has 0 aromatic heterocycles. The number of fused-ring (bicyclic) bond motifs is 1. The number of halogens is 1. The highest BCUT2D eigenvalue weighted by Crippen LogP contribution is 2.42. The smallest absolute Gasteiger partial charge is 0.161 e. The minimum absolute atomic E-state index is 0.212. The molecule has 1 aliphatic heterocycles. The Hall–Kier alpha value is -1.71. The van der Waals surface area contributed by atoms with Crippen LogP contribution in [0, 0.1) is 5.92 Å². The molecule has 1 fully saturated rings. The van der Waals surface area contributed by atoms with Gasteiger partial charge in [0, 0.05) is 18.1 Å². The van der Waals surface area contributed by atoms with Crippen LogP contribution in [-0.4, -0.2) is 32.2 Å². The molecule has 0 N–H and O–H groups in total. The van der Waals surface area contributed by atoms with E-state index >= 15 is 0 Å². The highest BCUT2D eigenvalue weighted by molar-refractivity contribution is 6.30. The molecule has 2 aromatic rings. The highest BCUT2D eigenvalue weighted by Gasteiger charge is 2.32. The van der Waals surface area contributed by atoms with Gasteiger partial charge >= 0.3 is 0 Å². The minimum atomic E-state index is 0.212. The van der Waals surface area contributed by atoms with Crippen LogP contribution in [0.15, 0.2) is 36.4 Å². The summed E-state index contributed by atoms with van der Waals surface area (Å²) in [6.45, 7) is 2.22. The second-order valence-corrected chi connectivity index (χ2v) is 8.55. The standard InChI is InChI=1S/C24H30ClNO2/c1-27-22-14-18-11-12-26(16-17-7-4-3-5-8-17)24(21(18)15-23(22)28-2)19-9-6-10-20(25)13-19/h6,9-10,13-15,17,24H,3-5,7-8,11-12,16H2,1-2H3/t24-/m1/s1. The molecular weight excluding hydrogens is 370 g/mol. The molecule has 4 rings (SSSR count). The van der Waals surface area contributed by atoms with Crippen LogP contribution in [0.4, 0.5) is 0 Å². The van der Waals surface area contributed by atoms with E-state index in [2.05, 4.69) is 35.2 Å². The second-order valence-electron chi connectivity index (χ2n) is 8.11. The molecule has 3 nitrogen and oxygen atoms in total. The van der Waals surface area contributed by atoms with E-state index < -0.39 is 0 Å². The topological polar surface area (TPSA) is 21.7 Å². The first-order valence-electron chi connectivity index (χ1n) is 10.4. The molecule has 1 saturated carbocycles. The summed E-state index contributed by atoms with van der Waals surface area (Å²) in [7, 11) is 3.41. The molecular formula is C24H30ClNO2. The van der Waals surface area contributed by atoms with E-state index in [1.54, 1.807) is 14.2 Å². The van der Waals surface area contributed by atoms with E-state index in [9.17, 15) is 0 Å². The summed E-state index contributed by atoms with van der Waals surface area (Å²) in [5.41, 5.74) is 3.93. The van der Waals surface area contributed by atoms with Crippen LogP contribution in [-0.2, 0) is 6.42 Å². The Balaban J connectivity index is 1.74. The molecule has 0 bridgehead atoms. The summed E-state index contributed by atoms with van der Waals surface area (Å²) >= 11 is 6.37. The average molecular weight is 400 g/mol. The maximum atomic E-state index is 6.37. The summed E-state index contributed by atoms with van der Waals surface area (Å²) in [6.07, 6.45) is 7.91. The van der Waals surface area contributed by atoms with Gasteiger partial charge in [0.25, 0.3) is 0 Å². The molecule has 2 aliphatic rings. The third-order valence-electron chi connectivity index (χ3n) is 6.36. The van der Waals surface area contributed by atoms with Crippen molar-refractivity contribution >= 4 is 11.6 Å². The Morgan fingerprint density at radius 3 is 2.46 bits per heavy atom. The van der Waals surface area contributed by atoms with Crippen molar-refractivity contribution in [2.24, 2.45) is 5.92 Å². The molecule has 1 atom stereocenters. The van der Waals surface area contributed by atoms with Crippen LogP contribution < -0.4 is 9.47 Å². The minimum Gasteiger partial charge on any atom is -0.493 e. The van der Waals surface area contributed by atoms with E-state index in [-0.39, 0.29) is 6.04 Å². The van der Waals surface area contributed by atoms with E-state index in [4.69, 9.17) is 21.1 Å². The van der Waals surface area contributed by atoms with Crippen molar-refractivity contribution in [2.75, 3.05) is 27.3 Å². The van der Waals surface area contributed by atoms with E-state index in [0.717, 1.165) is 41.9 Å². The fraction of sp³-hybridized carbons (Fsp3) is 0.500. The van der Waals surface area contributed by atoms with Gasteiger partial charge in [0.05, 0.1) is 20.3 Å². The summed E-state index contributed by atoms with van der Waals surface area (Å²) < 4.78 is 11.2. The highest BCUT2D eigenvalue weighted by atomic mass is 35.5. The largest absolute Gasteiger partial charge is 0.493 e. The second kappa shape index (κ2) is 8.75. The van der Waals surface area contributed by atoms with E-state index in [1.165, 1.54) is 48.8 Å². The van der Waals surface area contributed by atoms with E-state index in [0.29, 0.717) is 0 Å². The Labute approximate surface area is 173 Å². The van der Waals surface area contributed by atoms with Crippen molar-refractivity contribution in [3.63, 3.8) is 0 Å². The van der Waals surface area contributed by atoms with Gasteiger partial charge in [-0.2, -0.15) is 0 Å². The van der Waals surface area contributed by atoms with Crippen LogP contribution in [0.25, 0.3) is 0 Å². The Morgan fingerprint density at radius 2 is 1.75 bits per heavy atom. The fourth-order valence-electron chi connectivity index (χ4n) is 4.96. The molecule has 0 saturated heterocycles. The summed E-state index contributed by atoms with van der Waals surface area (Å²) in [5, 5.41) is 0.794. The molecule has 2 aromatic carbocycles. The zero-order valence-corrected chi connectivity index (χ0v) is 17.7. The summed E-state index contributed by atoms with van der Waals surface area (Å²) in [6, 6.07) is 12.9. The van der Waals surface area contributed by atoms with Gasteiger partial charge in [-0.1, -0.05) is 43.0 Å².